The maximum Gasteiger partial charge on any atom is 0.407 e. The van der Waals surface area contributed by atoms with Gasteiger partial charge in [0.05, 0.1) is 13.2 Å². The van der Waals surface area contributed by atoms with Gasteiger partial charge < -0.3 is 14.8 Å². The number of halogens is 1. The summed E-state index contributed by atoms with van der Waals surface area (Å²) in [7, 11) is 0. The topological polar surface area (TPSA) is 64.6 Å². The quantitative estimate of drug-likeness (QED) is 0.477. The van der Waals surface area contributed by atoms with Gasteiger partial charge in [-0.15, -0.1) is 0 Å². The van der Waals surface area contributed by atoms with E-state index in [1.54, 1.807) is 13.8 Å². The van der Waals surface area contributed by atoms with Crippen molar-refractivity contribution in [2.75, 3.05) is 13.2 Å². The third-order valence-corrected chi connectivity index (χ3v) is 3.10. The third-order valence-electron chi connectivity index (χ3n) is 1.96. The van der Waals surface area contributed by atoms with E-state index in [4.69, 9.17) is 9.47 Å². The Bertz CT molecular complexity index is 254. The highest BCUT2D eigenvalue weighted by Crippen LogP contribution is 2.28. The predicted octanol–water partition coefficient (Wildman–Crippen LogP) is 0.852. The van der Waals surface area contributed by atoms with Crippen LogP contribution in [0.4, 0.5) is 4.79 Å². The standard InChI is InChI=1S/C8H12INO4/c1-3-13-6(11)8(2,9)5-4-10-7(12)14-5/h5H,3-4H2,1-2H3,(H,10,12). The van der Waals surface area contributed by atoms with Gasteiger partial charge in [-0.2, -0.15) is 0 Å². The first kappa shape index (κ1) is 11.5. The molecule has 80 valence electrons. The number of alkyl halides is 1. The van der Waals surface area contributed by atoms with Crippen LogP contribution in [0.15, 0.2) is 0 Å². The fourth-order valence-electron chi connectivity index (χ4n) is 1.09. The van der Waals surface area contributed by atoms with Crippen LogP contribution in [-0.2, 0) is 14.3 Å². The molecule has 2 atom stereocenters. The number of cyclic esters (lactones) is 1. The van der Waals surface area contributed by atoms with E-state index < -0.39 is 15.6 Å². The van der Waals surface area contributed by atoms with Crippen molar-refractivity contribution in [1.29, 1.82) is 0 Å². The van der Waals surface area contributed by atoms with Gasteiger partial charge in [-0.3, -0.25) is 4.79 Å². The zero-order chi connectivity index (χ0) is 10.8. The van der Waals surface area contributed by atoms with E-state index in [2.05, 4.69) is 5.32 Å². The fourth-order valence-corrected chi connectivity index (χ4v) is 1.60. The van der Waals surface area contributed by atoms with E-state index in [0.29, 0.717) is 13.2 Å². The molecule has 0 aliphatic carbocycles. The first-order valence-corrected chi connectivity index (χ1v) is 5.37. The van der Waals surface area contributed by atoms with E-state index in [-0.39, 0.29) is 5.97 Å². The number of ether oxygens (including phenoxy) is 2. The summed E-state index contributed by atoms with van der Waals surface area (Å²) in [6.45, 7) is 4.10. The summed E-state index contributed by atoms with van der Waals surface area (Å²) in [5, 5.41) is 2.50. The second-order valence-corrected chi connectivity index (χ2v) is 5.31. The number of carbonyl (C=O) groups is 2. The average Bonchev–Trinajstić information content (AvgIpc) is 2.52. The van der Waals surface area contributed by atoms with Crippen molar-refractivity contribution in [2.24, 2.45) is 0 Å². The zero-order valence-electron chi connectivity index (χ0n) is 8.00. The van der Waals surface area contributed by atoms with Crippen molar-refractivity contribution >= 4 is 34.7 Å². The van der Waals surface area contributed by atoms with Crippen molar-refractivity contribution < 1.29 is 19.1 Å². The first-order valence-electron chi connectivity index (χ1n) is 4.29. The Hall–Kier alpha value is -0.530. The second-order valence-electron chi connectivity index (χ2n) is 3.07. The molecule has 1 saturated heterocycles. The first-order chi connectivity index (χ1) is 6.48. The van der Waals surface area contributed by atoms with Crippen LogP contribution in [-0.4, -0.2) is 34.7 Å². The SMILES string of the molecule is CCOC(=O)C(C)(I)C1CNC(=O)O1. The lowest BCUT2D eigenvalue weighted by molar-refractivity contribution is -0.147. The minimum absolute atomic E-state index is 0.325. The van der Waals surface area contributed by atoms with Crippen LogP contribution in [0.3, 0.4) is 0 Å². The van der Waals surface area contributed by atoms with Gasteiger partial charge in [0.25, 0.3) is 0 Å². The Morgan fingerprint density at radius 3 is 2.93 bits per heavy atom. The average molecular weight is 313 g/mol. The summed E-state index contributed by atoms with van der Waals surface area (Å²) in [5.74, 6) is -0.359. The maximum absolute atomic E-state index is 11.5. The number of amides is 1. The number of nitrogens with one attached hydrogen (secondary N) is 1. The lowest BCUT2D eigenvalue weighted by Crippen LogP contribution is -2.44. The third kappa shape index (κ3) is 2.28. The van der Waals surface area contributed by atoms with Crippen LogP contribution in [0.25, 0.3) is 0 Å². The predicted molar refractivity (Wildman–Crippen MR) is 57.3 cm³/mol. The second kappa shape index (κ2) is 4.33. The highest BCUT2D eigenvalue weighted by molar-refractivity contribution is 14.1. The van der Waals surface area contributed by atoms with Crippen molar-refractivity contribution in [2.45, 2.75) is 23.4 Å². The van der Waals surface area contributed by atoms with E-state index in [1.165, 1.54) is 0 Å². The summed E-state index contributed by atoms with van der Waals surface area (Å²) in [5.41, 5.74) is 0. The summed E-state index contributed by atoms with van der Waals surface area (Å²) >= 11 is 1.95. The number of rotatable bonds is 3. The highest BCUT2D eigenvalue weighted by Gasteiger charge is 2.45. The van der Waals surface area contributed by atoms with Gasteiger partial charge in [0.1, 0.15) is 6.10 Å². The van der Waals surface area contributed by atoms with Crippen LogP contribution in [0.2, 0.25) is 0 Å². The summed E-state index contributed by atoms with van der Waals surface area (Å²) in [6, 6.07) is 0. The van der Waals surface area contributed by atoms with Gasteiger partial charge in [0.2, 0.25) is 0 Å². The lowest BCUT2D eigenvalue weighted by atomic mass is 10.1. The van der Waals surface area contributed by atoms with E-state index >= 15 is 0 Å². The number of hydrogen-bond donors (Lipinski definition) is 1. The number of esters is 1. The minimum atomic E-state index is -0.826. The molecule has 1 aliphatic rings. The molecule has 2 unspecified atom stereocenters. The molecular formula is C8H12INO4. The molecule has 1 aliphatic heterocycles. The molecule has 0 aromatic rings. The molecule has 5 nitrogen and oxygen atoms in total. The van der Waals surface area contributed by atoms with Gasteiger partial charge in [0, 0.05) is 0 Å². The number of alkyl carbamates (subject to hydrolysis) is 1. The van der Waals surface area contributed by atoms with Crippen molar-refractivity contribution in [3.8, 4) is 0 Å². The van der Waals surface area contributed by atoms with Gasteiger partial charge in [0.15, 0.2) is 3.42 Å². The van der Waals surface area contributed by atoms with Gasteiger partial charge in [-0.05, 0) is 13.8 Å². The Morgan fingerprint density at radius 2 is 2.50 bits per heavy atom. The Labute approximate surface area is 95.6 Å². The van der Waals surface area contributed by atoms with E-state index in [1.807, 2.05) is 22.6 Å². The molecule has 0 bridgehead atoms. The lowest BCUT2D eigenvalue weighted by Gasteiger charge is -2.24. The van der Waals surface area contributed by atoms with Gasteiger partial charge in [-0.1, -0.05) is 22.6 Å². The summed E-state index contributed by atoms with van der Waals surface area (Å²) < 4.78 is 9.00. The molecular weight excluding hydrogens is 301 g/mol. The van der Waals surface area contributed by atoms with Crippen molar-refractivity contribution in [1.82, 2.24) is 5.32 Å². The van der Waals surface area contributed by atoms with Crippen LogP contribution in [0.1, 0.15) is 13.8 Å². The van der Waals surface area contributed by atoms with Crippen molar-refractivity contribution in [3.63, 3.8) is 0 Å². The van der Waals surface area contributed by atoms with Crippen LogP contribution in [0.5, 0.6) is 0 Å². The van der Waals surface area contributed by atoms with Gasteiger partial charge >= 0.3 is 12.1 Å². The van der Waals surface area contributed by atoms with Gasteiger partial charge in [-0.25, -0.2) is 4.79 Å². The highest BCUT2D eigenvalue weighted by atomic mass is 127. The minimum Gasteiger partial charge on any atom is -0.465 e. The molecule has 6 heteroatoms. The number of hydrogen-bond acceptors (Lipinski definition) is 4. The Kier molecular flexibility index (Phi) is 3.57. The smallest absolute Gasteiger partial charge is 0.407 e. The molecule has 1 fully saturated rings. The molecule has 0 radical (unpaired) electrons. The van der Waals surface area contributed by atoms with Crippen molar-refractivity contribution in [3.05, 3.63) is 0 Å². The van der Waals surface area contributed by atoms with E-state index in [9.17, 15) is 9.59 Å². The molecule has 1 N–H and O–H groups in total. The molecule has 1 rings (SSSR count). The Balaban J connectivity index is 2.64. The molecule has 1 amide bonds. The van der Waals surface area contributed by atoms with Crippen LogP contribution in [0, 0.1) is 0 Å². The maximum atomic E-state index is 11.5. The molecule has 0 aromatic carbocycles. The summed E-state index contributed by atoms with van der Waals surface area (Å²) in [4.78, 5) is 22.3. The van der Waals surface area contributed by atoms with Crippen LogP contribution < -0.4 is 5.32 Å². The molecule has 14 heavy (non-hydrogen) atoms. The van der Waals surface area contributed by atoms with Crippen LogP contribution >= 0.6 is 22.6 Å². The number of carbonyl (C=O) groups excluding carboxylic acids is 2. The molecule has 0 aromatic heterocycles. The summed E-state index contributed by atoms with van der Waals surface area (Å²) in [6.07, 6.45) is -0.947. The molecule has 0 spiro atoms. The largest absolute Gasteiger partial charge is 0.465 e. The molecule has 0 saturated carbocycles. The Morgan fingerprint density at radius 1 is 1.86 bits per heavy atom. The molecule has 1 heterocycles. The van der Waals surface area contributed by atoms with E-state index in [0.717, 1.165) is 0 Å². The monoisotopic (exact) mass is 313 g/mol. The zero-order valence-corrected chi connectivity index (χ0v) is 10.2. The normalized spacial score (nSPS) is 24.8. The fraction of sp³-hybridized carbons (Fsp3) is 0.750.